The lowest BCUT2D eigenvalue weighted by atomic mass is 9.90. The Balaban J connectivity index is 2.62. The molecular formula is C12H23N3. The van der Waals surface area contributed by atoms with E-state index in [1.165, 1.54) is 0 Å². The van der Waals surface area contributed by atoms with Crippen LogP contribution in [0.4, 0.5) is 0 Å². The maximum Gasteiger partial charge on any atom is 0.106 e. The molecule has 0 radical (unpaired) electrons. The Morgan fingerprint density at radius 1 is 1.27 bits per heavy atom. The van der Waals surface area contributed by atoms with E-state index >= 15 is 0 Å². The smallest absolute Gasteiger partial charge is 0.106 e. The molecule has 1 saturated heterocycles. The molecule has 0 saturated carbocycles. The van der Waals surface area contributed by atoms with Gasteiger partial charge in [-0.05, 0) is 26.3 Å². The Bertz CT molecular complexity index is 236. The zero-order valence-electron chi connectivity index (χ0n) is 10.5. The van der Waals surface area contributed by atoms with Crippen LogP contribution in [0.15, 0.2) is 0 Å². The third kappa shape index (κ3) is 3.19. The molecular weight excluding hydrogens is 186 g/mol. The predicted molar refractivity (Wildman–Crippen MR) is 62.5 cm³/mol. The van der Waals surface area contributed by atoms with Gasteiger partial charge in [-0.2, -0.15) is 5.26 Å². The van der Waals surface area contributed by atoms with Crippen LogP contribution < -0.4 is 0 Å². The highest BCUT2D eigenvalue weighted by molar-refractivity contribution is 5.06. The van der Waals surface area contributed by atoms with E-state index in [0.717, 1.165) is 32.6 Å². The number of nitriles is 1. The van der Waals surface area contributed by atoms with Gasteiger partial charge in [0.25, 0.3) is 0 Å². The van der Waals surface area contributed by atoms with Crippen molar-refractivity contribution in [1.82, 2.24) is 9.80 Å². The van der Waals surface area contributed by atoms with Gasteiger partial charge in [0.1, 0.15) is 5.54 Å². The van der Waals surface area contributed by atoms with Crippen LogP contribution in [0.3, 0.4) is 0 Å². The topological polar surface area (TPSA) is 30.3 Å². The van der Waals surface area contributed by atoms with Gasteiger partial charge in [0.05, 0.1) is 6.07 Å². The summed E-state index contributed by atoms with van der Waals surface area (Å²) in [6, 6.07) is 2.50. The van der Waals surface area contributed by atoms with Crippen LogP contribution >= 0.6 is 0 Å². The normalized spacial score (nSPS) is 23.7. The van der Waals surface area contributed by atoms with Crippen molar-refractivity contribution in [3.63, 3.8) is 0 Å². The van der Waals surface area contributed by atoms with Crippen LogP contribution in [0.2, 0.25) is 0 Å². The summed E-state index contributed by atoms with van der Waals surface area (Å²) >= 11 is 0. The lowest BCUT2D eigenvalue weighted by Gasteiger charge is -2.42. The van der Waals surface area contributed by atoms with Gasteiger partial charge in [0.15, 0.2) is 0 Å². The molecule has 0 N–H and O–H groups in total. The zero-order chi connectivity index (χ0) is 11.5. The SMILES string of the molecule is CC(C)CC(C)(C#N)N1CCN(C)CC1. The first-order chi connectivity index (χ1) is 6.98. The molecule has 1 aliphatic rings. The summed E-state index contributed by atoms with van der Waals surface area (Å²) in [6.45, 7) is 10.7. The average Bonchev–Trinajstić information content (AvgIpc) is 2.17. The third-order valence-electron chi connectivity index (χ3n) is 3.25. The average molecular weight is 209 g/mol. The minimum absolute atomic E-state index is 0.268. The second kappa shape index (κ2) is 4.96. The summed E-state index contributed by atoms with van der Waals surface area (Å²) in [6.07, 6.45) is 0.965. The predicted octanol–water partition coefficient (Wildman–Crippen LogP) is 1.56. The first-order valence-corrected chi connectivity index (χ1v) is 5.83. The molecule has 3 nitrogen and oxygen atoms in total. The molecule has 1 rings (SSSR count). The van der Waals surface area contributed by atoms with Crippen molar-refractivity contribution in [2.24, 2.45) is 5.92 Å². The molecule has 3 heteroatoms. The zero-order valence-corrected chi connectivity index (χ0v) is 10.5. The number of rotatable bonds is 3. The Hall–Kier alpha value is -0.590. The first kappa shape index (κ1) is 12.5. The second-order valence-electron chi connectivity index (χ2n) is 5.27. The Morgan fingerprint density at radius 3 is 2.20 bits per heavy atom. The highest BCUT2D eigenvalue weighted by Gasteiger charge is 2.33. The highest BCUT2D eigenvalue weighted by Crippen LogP contribution is 2.24. The van der Waals surface area contributed by atoms with Crippen LogP contribution in [0.1, 0.15) is 27.2 Å². The van der Waals surface area contributed by atoms with Gasteiger partial charge in [-0.1, -0.05) is 13.8 Å². The van der Waals surface area contributed by atoms with Gasteiger partial charge in [-0.25, -0.2) is 0 Å². The lowest BCUT2D eigenvalue weighted by Crippen LogP contribution is -2.54. The molecule has 0 bridgehead atoms. The number of hydrogen-bond donors (Lipinski definition) is 0. The van der Waals surface area contributed by atoms with E-state index in [1.807, 2.05) is 0 Å². The van der Waals surface area contributed by atoms with Crippen molar-refractivity contribution in [2.45, 2.75) is 32.7 Å². The first-order valence-electron chi connectivity index (χ1n) is 5.83. The second-order valence-corrected chi connectivity index (χ2v) is 5.27. The minimum atomic E-state index is -0.268. The van der Waals surface area contributed by atoms with Crippen LogP contribution in [0.5, 0.6) is 0 Å². The van der Waals surface area contributed by atoms with Gasteiger partial charge >= 0.3 is 0 Å². The van der Waals surface area contributed by atoms with E-state index in [9.17, 15) is 5.26 Å². The van der Waals surface area contributed by atoms with E-state index in [-0.39, 0.29) is 5.54 Å². The number of nitrogens with zero attached hydrogens (tertiary/aromatic N) is 3. The third-order valence-corrected chi connectivity index (χ3v) is 3.25. The summed E-state index contributed by atoms with van der Waals surface area (Å²) in [5, 5.41) is 9.35. The van der Waals surface area contributed by atoms with E-state index in [0.29, 0.717) is 5.92 Å². The molecule has 0 aromatic rings. The standard InChI is InChI=1S/C12H23N3/c1-11(2)9-12(3,10-13)15-7-5-14(4)6-8-15/h11H,5-9H2,1-4H3. The van der Waals surface area contributed by atoms with Crippen molar-refractivity contribution < 1.29 is 0 Å². The summed E-state index contributed by atoms with van der Waals surface area (Å²) in [5.74, 6) is 0.578. The lowest BCUT2D eigenvalue weighted by molar-refractivity contribution is 0.0711. The Morgan fingerprint density at radius 2 is 1.80 bits per heavy atom. The molecule has 1 aliphatic heterocycles. The van der Waals surface area contributed by atoms with Gasteiger partial charge < -0.3 is 4.90 Å². The number of likely N-dealkylation sites (N-methyl/N-ethyl adjacent to an activating group) is 1. The Labute approximate surface area is 93.7 Å². The molecule has 0 aromatic heterocycles. The highest BCUT2D eigenvalue weighted by atomic mass is 15.3. The molecule has 0 aromatic carbocycles. The molecule has 1 unspecified atom stereocenters. The van der Waals surface area contributed by atoms with Gasteiger partial charge in [-0.3, -0.25) is 4.90 Å². The maximum absolute atomic E-state index is 9.35. The van der Waals surface area contributed by atoms with Crippen molar-refractivity contribution in [2.75, 3.05) is 33.2 Å². The van der Waals surface area contributed by atoms with E-state index in [1.54, 1.807) is 0 Å². The molecule has 15 heavy (non-hydrogen) atoms. The summed E-state index contributed by atoms with van der Waals surface area (Å²) in [7, 11) is 2.14. The number of hydrogen-bond acceptors (Lipinski definition) is 3. The van der Waals surface area contributed by atoms with Crippen molar-refractivity contribution in [3.05, 3.63) is 0 Å². The quantitative estimate of drug-likeness (QED) is 0.706. The monoisotopic (exact) mass is 209 g/mol. The molecule has 0 aliphatic carbocycles. The van der Waals surface area contributed by atoms with E-state index in [2.05, 4.69) is 43.7 Å². The molecule has 1 atom stereocenters. The largest absolute Gasteiger partial charge is 0.304 e. The van der Waals surface area contributed by atoms with Crippen LogP contribution in [-0.2, 0) is 0 Å². The van der Waals surface area contributed by atoms with Crippen LogP contribution in [0.25, 0.3) is 0 Å². The van der Waals surface area contributed by atoms with Crippen molar-refractivity contribution in [1.29, 1.82) is 5.26 Å². The summed E-state index contributed by atoms with van der Waals surface area (Å²) in [4.78, 5) is 4.66. The molecule has 86 valence electrons. The van der Waals surface area contributed by atoms with Gasteiger partial charge in [-0.15, -0.1) is 0 Å². The van der Waals surface area contributed by atoms with Gasteiger partial charge in [0, 0.05) is 26.2 Å². The van der Waals surface area contributed by atoms with Gasteiger partial charge in [0.2, 0.25) is 0 Å². The maximum atomic E-state index is 9.35. The molecule has 0 amide bonds. The molecule has 0 spiro atoms. The van der Waals surface area contributed by atoms with Crippen LogP contribution in [-0.4, -0.2) is 48.6 Å². The fourth-order valence-electron chi connectivity index (χ4n) is 2.34. The van der Waals surface area contributed by atoms with E-state index < -0.39 is 0 Å². The van der Waals surface area contributed by atoms with Crippen molar-refractivity contribution >= 4 is 0 Å². The molecule has 1 fully saturated rings. The fourth-order valence-corrected chi connectivity index (χ4v) is 2.34. The van der Waals surface area contributed by atoms with Crippen molar-refractivity contribution in [3.8, 4) is 6.07 Å². The number of piperazine rings is 1. The summed E-state index contributed by atoms with van der Waals surface area (Å²) in [5.41, 5.74) is -0.268. The minimum Gasteiger partial charge on any atom is -0.304 e. The van der Waals surface area contributed by atoms with E-state index in [4.69, 9.17) is 0 Å². The fraction of sp³-hybridized carbons (Fsp3) is 0.917. The molecule has 1 heterocycles. The van der Waals surface area contributed by atoms with Crippen LogP contribution in [0, 0.1) is 17.2 Å². The Kier molecular flexibility index (Phi) is 4.12. The summed E-state index contributed by atoms with van der Waals surface area (Å²) < 4.78 is 0.